The van der Waals surface area contributed by atoms with E-state index >= 15 is 0 Å². The van der Waals surface area contributed by atoms with E-state index in [0.29, 0.717) is 5.56 Å². The monoisotopic (exact) mass is 240 g/mol. The van der Waals surface area contributed by atoms with E-state index in [1.165, 1.54) is 18.6 Å². The molecule has 0 radical (unpaired) electrons. The van der Waals surface area contributed by atoms with Gasteiger partial charge in [0.05, 0.1) is 6.04 Å². The minimum absolute atomic E-state index is 0.101. The van der Waals surface area contributed by atoms with Crippen LogP contribution in [0.5, 0.6) is 0 Å². The zero-order valence-corrected chi connectivity index (χ0v) is 9.97. The Kier molecular flexibility index (Phi) is 4.07. The Morgan fingerprint density at radius 1 is 1.35 bits per heavy atom. The molecule has 2 unspecified atom stereocenters. The van der Waals surface area contributed by atoms with E-state index in [2.05, 4.69) is 10.6 Å². The third-order valence-electron chi connectivity index (χ3n) is 3.36. The van der Waals surface area contributed by atoms with Crippen LogP contribution >= 0.6 is 0 Å². The second kappa shape index (κ2) is 5.56. The van der Waals surface area contributed by atoms with Crippen molar-refractivity contribution in [3.63, 3.8) is 0 Å². The third kappa shape index (κ3) is 2.82. The lowest BCUT2D eigenvalue weighted by Crippen LogP contribution is -2.43. The lowest BCUT2D eigenvalue weighted by atomic mass is 9.92. The molecule has 0 aliphatic carbocycles. The van der Waals surface area contributed by atoms with E-state index in [1.807, 2.05) is 7.05 Å². The number of likely N-dealkylation sites (N-methyl/N-ethyl adjacent to an activating group) is 1. The van der Waals surface area contributed by atoms with Crippen molar-refractivity contribution < 1.29 is 8.78 Å². The van der Waals surface area contributed by atoms with Crippen LogP contribution in [0.3, 0.4) is 0 Å². The van der Waals surface area contributed by atoms with E-state index in [1.54, 1.807) is 0 Å². The Morgan fingerprint density at radius 2 is 2.18 bits per heavy atom. The molecule has 1 aromatic rings. The van der Waals surface area contributed by atoms with Gasteiger partial charge < -0.3 is 10.6 Å². The van der Waals surface area contributed by atoms with Crippen molar-refractivity contribution in [1.82, 2.24) is 10.6 Å². The molecule has 1 heterocycles. The van der Waals surface area contributed by atoms with Gasteiger partial charge in [-0.3, -0.25) is 0 Å². The molecule has 2 N–H and O–H groups in total. The standard InChI is InChI=1S/C13H18F2N2/c1-16-13(12-4-2-3-7-17-12)10-6-5-9(14)8-11(10)15/h5-6,8,12-13,16-17H,2-4,7H2,1H3. The molecule has 1 aromatic carbocycles. The van der Waals surface area contributed by atoms with Crippen LogP contribution < -0.4 is 10.6 Å². The lowest BCUT2D eigenvalue weighted by molar-refractivity contribution is 0.320. The van der Waals surface area contributed by atoms with E-state index < -0.39 is 11.6 Å². The van der Waals surface area contributed by atoms with E-state index in [0.717, 1.165) is 25.5 Å². The molecule has 0 amide bonds. The largest absolute Gasteiger partial charge is 0.312 e. The van der Waals surface area contributed by atoms with Crippen LogP contribution in [0.2, 0.25) is 0 Å². The van der Waals surface area contributed by atoms with Crippen molar-refractivity contribution in [1.29, 1.82) is 0 Å². The zero-order chi connectivity index (χ0) is 12.3. The van der Waals surface area contributed by atoms with Crippen molar-refractivity contribution in [2.45, 2.75) is 31.3 Å². The number of hydrogen-bond acceptors (Lipinski definition) is 2. The molecule has 1 fully saturated rings. The van der Waals surface area contributed by atoms with Crippen LogP contribution in [0, 0.1) is 11.6 Å². The molecule has 0 spiro atoms. The van der Waals surface area contributed by atoms with Crippen molar-refractivity contribution >= 4 is 0 Å². The molecule has 4 heteroatoms. The molecule has 0 saturated carbocycles. The Hall–Kier alpha value is -1.00. The normalized spacial score (nSPS) is 22.4. The molecule has 2 atom stereocenters. The highest BCUT2D eigenvalue weighted by molar-refractivity contribution is 5.23. The summed E-state index contributed by atoms with van der Waals surface area (Å²) in [5.41, 5.74) is 0.535. The summed E-state index contributed by atoms with van der Waals surface area (Å²) in [5.74, 6) is -1.01. The number of piperidine rings is 1. The topological polar surface area (TPSA) is 24.1 Å². The van der Waals surface area contributed by atoms with Crippen LogP contribution in [-0.4, -0.2) is 19.6 Å². The van der Waals surface area contributed by atoms with Gasteiger partial charge in [0.25, 0.3) is 0 Å². The molecular formula is C13H18F2N2. The summed E-state index contributed by atoms with van der Waals surface area (Å²) in [6.07, 6.45) is 3.33. The van der Waals surface area contributed by atoms with Gasteiger partial charge in [-0.05, 0) is 32.5 Å². The van der Waals surface area contributed by atoms with Gasteiger partial charge in [-0.25, -0.2) is 8.78 Å². The maximum atomic E-state index is 13.7. The molecular weight excluding hydrogens is 222 g/mol. The van der Waals surface area contributed by atoms with Gasteiger partial charge in [0.2, 0.25) is 0 Å². The highest BCUT2D eigenvalue weighted by Crippen LogP contribution is 2.25. The second-order valence-corrected chi connectivity index (χ2v) is 4.49. The first-order valence-corrected chi connectivity index (χ1v) is 6.08. The molecule has 1 saturated heterocycles. The highest BCUT2D eigenvalue weighted by Gasteiger charge is 2.25. The van der Waals surface area contributed by atoms with Gasteiger partial charge >= 0.3 is 0 Å². The molecule has 2 nitrogen and oxygen atoms in total. The number of rotatable bonds is 3. The summed E-state index contributed by atoms with van der Waals surface area (Å²) < 4.78 is 26.6. The zero-order valence-electron chi connectivity index (χ0n) is 9.97. The fourth-order valence-electron chi connectivity index (χ4n) is 2.49. The Bertz CT molecular complexity index is 376. The predicted octanol–water partition coefficient (Wildman–Crippen LogP) is 2.37. The van der Waals surface area contributed by atoms with E-state index in [4.69, 9.17) is 0 Å². The van der Waals surface area contributed by atoms with E-state index in [-0.39, 0.29) is 12.1 Å². The second-order valence-electron chi connectivity index (χ2n) is 4.49. The van der Waals surface area contributed by atoms with Crippen molar-refractivity contribution in [3.8, 4) is 0 Å². The summed E-state index contributed by atoms with van der Waals surface area (Å²) in [4.78, 5) is 0. The first-order chi connectivity index (χ1) is 8.22. The van der Waals surface area contributed by atoms with Crippen LogP contribution in [0.25, 0.3) is 0 Å². The van der Waals surface area contributed by atoms with Crippen LogP contribution in [-0.2, 0) is 0 Å². The lowest BCUT2D eigenvalue weighted by Gasteiger charge is -2.31. The molecule has 1 aliphatic heterocycles. The minimum Gasteiger partial charge on any atom is -0.312 e. The van der Waals surface area contributed by atoms with Crippen molar-refractivity contribution in [2.75, 3.05) is 13.6 Å². The summed E-state index contributed by atoms with van der Waals surface area (Å²) in [6.45, 7) is 0.964. The number of nitrogens with one attached hydrogen (secondary N) is 2. The average molecular weight is 240 g/mol. The predicted molar refractivity (Wildman–Crippen MR) is 63.8 cm³/mol. The third-order valence-corrected chi connectivity index (χ3v) is 3.36. The highest BCUT2D eigenvalue weighted by atomic mass is 19.1. The Labute approximate surface area is 100 Å². The SMILES string of the molecule is CNC(c1ccc(F)cc1F)C1CCCCN1. The molecule has 2 rings (SSSR count). The van der Waals surface area contributed by atoms with Crippen molar-refractivity contribution in [2.24, 2.45) is 0 Å². The first kappa shape index (κ1) is 12.5. The molecule has 0 aromatic heterocycles. The Morgan fingerprint density at radius 3 is 2.76 bits per heavy atom. The van der Waals surface area contributed by atoms with Gasteiger partial charge in [0.15, 0.2) is 0 Å². The van der Waals surface area contributed by atoms with E-state index in [9.17, 15) is 8.78 Å². The smallest absolute Gasteiger partial charge is 0.130 e. The van der Waals surface area contributed by atoms with Gasteiger partial charge in [-0.2, -0.15) is 0 Å². The van der Waals surface area contributed by atoms with Crippen LogP contribution in [0.4, 0.5) is 8.78 Å². The maximum absolute atomic E-state index is 13.7. The minimum atomic E-state index is -0.530. The van der Waals surface area contributed by atoms with Gasteiger partial charge in [0, 0.05) is 17.7 Å². The summed E-state index contributed by atoms with van der Waals surface area (Å²) in [5, 5.41) is 6.51. The Balaban J connectivity index is 2.21. The van der Waals surface area contributed by atoms with Crippen molar-refractivity contribution in [3.05, 3.63) is 35.4 Å². The molecule has 17 heavy (non-hydrogen) atoms. The van der Waals surface area contributed by atoms with Crippen LogP contribution in [0.1, 0.15) is 30.9 Å². The number of hydrogen-bond donors (Lipinski definition) is 2. The fraction of sp³-hybridized carbons (Fsp3) is 0.538. The quantitative estimate of drug-likeness (QED) is 0.847. The summed E-state index contributed by atoms with van der Waals surface area (Å²) in [6, 6.07) is 3.90. The van der Waals surface area contributed by atoms with Gasteiger partial charge in [-0.1, -0.05) is 12.5 Å². The maximum Gasteiger partial charge on any atom is 0.130 e. The fourth-order valence-corrected chi connectivity index (χ4v) is 2.49. The average Bonchev–Trinajstić information content (AvgIpc) is 2.34. The molecule has 0 bridgehead atoms. The summed E-state index contributed by atoms with van der Waals surface area (Å²) >= 11 is 0. The molecule has 94 valence electrons. The van der Waals surface area contributed by atoms with Gasteiger partial charge in [0.1, 0.15) is 11.6 Å². The number of halogens is 2. The molecule has 1 aliphatic rings. The first-order valence-electron chi connectivity index (χ1n) is 6.08. The van der Waals surface area contributed by atoms with Crippen LogP contribution in [0.15, 0.2) is 18.2 Å². The summed E-state index contributed by atoms with van der Waals surface area (Å²) in [7, 11) is 1.81. The van der Waals surface area contributed by atoms with Gasteiger partial charge in [-0.15, -0.1) is 0 Å². The number of benzene rings is 1.